The molecule has 0 radical (unpaired) electrons. The van der Waals surface area contributed by atoms with Crippen LogP contribution in [0.4, 0.5) is 0 Å². The fourth-order valence-corrected chi connectivity index (χ4v) is 2.07. The average Bonchev–Trinajstić information content (AvgIpc) is 2.78. The van der Waals surface area contributed by atoms with Crippen molar-refractivity contribution in [3.63, 3.8) is 0 Å². The first kappa shape index (κ1) is 16.0. The molecule has 3 N–H and O–H groups in total. The Labute approximate surface area is 119 Å². The molecule has 1 atom stereocenters. The number of nitrogens with two attached hydrogens (primary N) is 1. The van der Waals surface area contributed by atoms with Crippen molar-refractivity contribution in [1.82, 2.24) is 15.1 Å². The number of unbranched alkanes of at least 4 members (excludes halogenated alkanes) is 1. The standard InChI is InChI=1S/C13H23ClN4O/c1-3-7-16-13(2,12(15)19)6-4-5-8-18-10-11(14)9-17-18/h9-10,16H,3-8H2,1-2H3,(H2,15,19). The van der Waals surface area contributed by atoms with E-state index in [4.69, 9.17) is 17.3 Å². The van der Waals surface area contributed by atoms with Crippen LogP contribution in [0.3, 0.4) is 0 Å². The maximum atomic E-state index is 11.5. The van der Waals surface area contributed by atoms with Gasteiger partial charge in [-0.1, -0.05) is 18.5 Å². The molecule has 6 heteroatoms. The van der Waals surface area contributed by atoms with E-state index in [2.05, 4.69) is 17.3 Å². The number of carbonyl (C=O) groups is 1. The first-order valence-electron chi connectivity index (χ1n) is 6.71. The van der Waals surface area contributed by atoms with Crippen molar-refractivity contribution in [3.05, 3.63) is 17.4 Å². The average molecular weight is 287 g/mol. The third kappa shape index (κ3) is 5.20. The van der Waals surface area contributed by atoms with Crippen molar-refractivity contribution < 1.29 is 4.79 Å². The summed E-state index contributed by atoms with van der Waals surface area (Å²) in [5.41, 5.74) is 4.86. The van der Waals surface area contributed by atoms with Gasteiger partial charge in [0.2, 0.25) is 5.91 Å². The van der Waals surface area contributed by atoms with Crippen LogP contribution < -0.4 is 11.1 Å². The van der Waals surface area contributed by atoms with E-state index < -0.39 is 5.54 Å². The summed E-state index contributed by atoms with van der Waals surface area (Å²) in [7, 11) is 0. The van der Waals surface area contributed by atoms with Gasteiger partial charge in [0, 0.05) is 12.7 Å². The molecule has 0 aromatic carbocycles. The lowest BCUT2D eigenvalue weighted by atomic mass is 9.94. The van der Waals surface area contributed by atoms with Gasteiger partial charge in [-0.3, -0.25) is 9.48 Å². The number of rotatable bonds is 9. The second kappa shape index (κ2) is 7.50. The summed E-state index contributed by atoms with van der Waals surface area (Å²) < 4.78 is 1.81. The highest BCUT2D eigenvalue weighted by Crippen LogP contribution is 2.14. The van der Waals surface area contributed by atoms with Crippen molar-refractivity contribution in [2.45, 2.75) is 51.6 Å². The lowest BCUT2D eigenvalue weighted by Gasteiger charge is -2.27. The Morgan fingerprint density at radius 2 is 2.32 bits per heavy atom. The topological polar surface area (TPSA) is 72.9 Å². The van der Waals surface area contributed by atoms with Crippen LogP contribution in [0, 0.1) is 0 Å². The van der Waals surface area contributed by atoms with Crippen LogP contribution in [0.15, 0.2) is 12.4 Å². The van der Waals surface area contributed by atoms with E-state index in [9.17, 15) is 4.79 Å². The van der Waals surface area contributed by atoms with E-state index in [1.807, 2.05) is 11.6 Å². The minimum Gasteiger partial charge on any atom is -0.368 e. The molecule has 0 aliphatic heterocycles. The minimum atomic E-state index is -0.613. The predicted molar refractivity (Wildman–Crippen MR) is 77.0 cm³/mol. The van der Waals surface area contributed by atoms with Crippen LogP contribution in [0.5, 0.6) is 0 Å². The van der Waals surface area contributed by atoms with Gasteiger partial charge in [-0.25, -0.2) is 0 Å². The van der Waals surface area contributed by atoms with E-state index in [0.717, 1.165) is 38.8 Å². The van der Waals surface area contributed by atoms with E-state index in [1.165, 1.54) is 0 Å². The Balaban J connectivity index is 2.34. The van der Waals surface area contributed by atoms with Crippen molar-refractivity contribution >= 4 is 17.5 Å². The normalized spacial score (nSPS) is 14.3. The number of amides is 1. The highest BCUT2D eigenvalue weighted by Gasteiger charge is 2.29. The number of hydrogen-bond acceptors (Lipinski definition) is 3. The smallest absolute Gasteiger partial charge is 0.237 e. The Hall–Kier alpha value is -1.07. The second-order valence-electron chi connectivity index (χ2n) is 5.00. The van der Waals surface area contributed by atoms with E-state index in [1.54, 1.807) is 12.4 Å². The molecule has 1 aromatic heterocycles. The SMILES string of the molecule is CCCNC(C)(CCCCn1cc(Cl)cn1)C(N)=O. The molecule has 0 saturated carbocycles. The van der Waals surface area contributed by atoms with Crippen LogP contribution in [-0.2, 0) is 11.3 Å². The zero-order valence-electron chi connectivity index (χ0n) is 11.7. The van der Waals surface area contributed by atoms with Gasteiger partial charge in [0.15, 0.2) is 0 Å². The molecule has 0 fully saturated rings. The lowest BCUT2D eigenvalue weighted by Crippen LogP contribution is -2.53. The largest absolute Gasteiger partial charge is 0.368 e. The number of aromatic nitrogens is 2. The molecule has 1 rings (SSSR count). The number of hydrogen-bond donors (Lipinski definition) is 2. The molecule has 1 unspecified atom stereocenters. The Morgan fingerprint density at radius 3 is 2.84 bits per heavy atom. The minimum absolute atomic E-state index is 0.289. The van der Waals surface area contributed by atoms with Crippen molar-refractivity contribution in [2.75, 3.05) is 6.54 Å². The number of nitrogens with zero attached hydrogens (tertiary/aromatic N) is 2. The summed E-state index contributed by atoms with van der Waals surface area (Å²) in [6.45, 7) is 5.54. The third-order valence-corrected chi connectivity index (χ3v) is 3.42. The summed E-state index contributed by atoms with van der Waals surface area (Å²) >= 11 is 5.79. The molecular weight excluding hydrogens is 264 g/mol. The fourth-order valence-electron chi connectivity index (χ4n) is 1.91. The zero-order valence-corrected chi connectivity index (χ0v) is 12.4. The Kier molecular flexibility index (Phi) is 6.31. The number of nitrogens with one attached hydrogen (secondary N) is 1. The summed E-state index contributed by atoms with van der Waals surface area (Å²) in [4.78, 5) is 11.5. The second-order valence-corrected chi connectivity index (χ2v) is 5.44. The molecular formula is C13H23ClN4O. The third-order valence-electron chi connectivity index (χ3n) is 3.22. The number of carbonyl (C=O) groups excluding carboxylic acids is 1. The van der Waals surface area contributed by atoms with Crippen LogP contribution in [-0.4, -0.2) is 27.8 Å². The van der Waals surface area contributed by atoms with Gasteiger partial charge in [-0.2, -0.15) is 5.10 Å². The van der Waals surface area contributed by atoms with E-state index in [0.29, 0.717) is 5.02 Å². The Bertz CT molecular complexity index is 407. The lowest BCUT2D eigenvalue weighted by molar-refractivity contribution is -0.124. The van der Waals surface area contributed by atoms with Gasteiger partial charge >= 0.3 is 0 Å². The molecule has 1 heterocycles. The van der Waals surface area contributed by atoms with E-state index >= 15 is 0 Å². The zero-order chi connectivity index (χ0) is 14.3. The summed E-state index contributed by atoms with van der Waals surface area (Å²) in [5.74, 6) is -0.289. The van der Waals surface area contributed by atoms with Crippen molar-refractivity contribution in [1.29, 1.82) is 0 Å². The quantitative estimate of drug-likeness (QED) is 0.682. The van der Waals surface area contributed by atoms with Gasteiger partial charge in [0.05, 0.1) is 16.8 Å². The Morgan fingerprint density at radius 1 is 1.58 bits per heavy atom. The first-order valence-corrected chi connectivity index (χ1v) is 7.08. The molecule has 108 valence electrons. The summed E-state index contributed by atoms with van der Waals surface area (Å²) in [6.07, 6.45) is 6.98. The maximum Gasteiger partial charge on any atom is 0.237 e. The molecule has 0 aliphatic rings. The van der Waals surface area contributed by atoms with Crippen LogP contribution >= 0.6 is 11.6 Å². The molecule has 1 aromatic rings. The number of aryl methyl sites for hydroxylation is 1. The van der Waals surface area contributed by atoms with Crippen molar-refractivity contribution in [3.8, 4) is 0 Å². The summed E-state index contributed by atoms with van der Waals surface area (Å²) in [6, 6.07) is 0. The fraction of sp³-hybridized carbons (Fsp3) is 0.692. The predicted octanol–water partition coefficient (Wildman–Crippen LogP) is 1.95. The monoisotopic (exact) mass is 286 g/mol. The van der Waals surface area contributed by atoms with Gasteiger partial charge in [0.1, 0.15) is 0 Å². The molecule has 0 spiro atoms. The highest BCUT2D eigenvalue weighted by molar-refractivity contribution is 6.30. The van der Waals surface area contributed by atoms with Gasteiger partial charge < -0.3 is 11.1 Å². The van der Waals surface area contributed by atoms with Gasteiger partial charge in [-0.15, -0.1) is 0 Å². The van der Waals surface area contributed by atoms with E-state index in [-0.39, 0.29) is 5.91 Å². The van der Waals surface area contributed by atoms with Gasteiger partial charge in [-0.05, 0) is 39.2 Å². The van der Waals surface area contributed by atoms with Gasteiger partial charge in [0.25, 0.3) is 0 Å². The number of primary amides is 1. The van der Waals surface area contributed by atoms with Crippen LogP contribution in [0.25, 0.3) is 0 Å². The van der Waals surface area contributed by atoms with Crippen LogP contribution in [0.1, 0.15) is 39.5 Å². The molecule has 19 heavy (non-hydrogen) atoms. The first-order chi connectivity index (χ1) is 8.98. The van der Waals surface area contributed by atoms with Crippen molar-refractivity contribution in [2.24, 2.45) is 5.73 Å². The molecule has 0 bridgehead atoms. The molecule has 5 nitrogen and oxygen atoms in total. The van der Waals surface area contributed by atoms with Crippen LogP contribution in [0.2, 0.25) is 5.02 Å². The maximum absolute atomic E-state index is 11.5. The number of halogens is 1. The molecule has 0 aliphatic carbocycles. The highest BCUT2D eigenvalue weighted by atomic mass is 35.5. The molecule has 1 amide bonds. The molecule has 0 saturated heterocycles. The summed E-state index contributed by atoms with van der Waals surface area (Å²) in [5, 5.41) is 7.99.